The summed E-state index contributed by atoms with van der Waals surface area (Å²) in [6.07, 6.45) is 6.80. The number of hydrogen-bond acceptors (Lipinski definition) is 2. The van der Waals surface area contributed by atoms with Crippen molar-refractivity contribution in [3.8, 4) is 6.07 Å². The second kappa shape index (κ2) is 3.89. The monoisotopic (exact) mass is 228 g/mol. The number of halogens is 1. The van der Waals surface area contributed by atoms with Crippen LogP contribution < -0.4 is 5.32 Å². The molecule has 3 rings (SSSR count). The molecule has 0 heterocycles. The average molecular weight is 228 g/mol. The van der Waals surface area contributed by atoms with Crippen LogP contribution >= 0.6 is 0 Å². The Balaban J connectivity index is 1.78. The van der Waals surface area contributed by atoms with Crippen molar-refractivity contribution in [3.63, 3.8) is 0 Å². The number of allylic oxidation sites excluding steroid dienone is 1. The predicted molar refractivity (Wildman–Crippen MR) is 63.9 cm³/mol. The van der Waals surface area contributed by atoms with Gasteiger partial charge in [-0.2, -0.15) is 5.26 Å². The molecule has 1 aromatic rings. The molecule has 86 valence electrons. The fraction of sp³-hybridized carbons (Fsp3) is 0.357. The maximum Gasteiger partial charge on any atom is 0.124 e. The van der Waals surface area contributed by atoms with Crippen molar-refractivity contribution >= 4 is 5.69 Å². The number of nitrogens with one attached hydrogen (secondary N) is 1. The molecule has 17 heavy (non-hydrogen) atoms. The van der Waals surface area contributed by atoms with Crippen LogP contribution in [0.15, 0.2) is 30.4 Å². The van der Waals surface area contributed by atoms with E-state index in [0.29, 0.717) is 17.5 Å². The SMILES string of the molecule is N#Cc1cc(F)ccc1NC1CC2CC=CC21. The molecule has 0 aromatic heterocycles. The Morgan fingerprint density at radius 2 is 2.29 bits per heavy atom. The van der Waals surface area contributed by atoms with Crippen LogP contribution in [0.3, 0.4) is 0 Å². The minimum absolute atomic E-state index is 0.362. The second-order valence-corrected chi connectivity index (χ2v) is 4.79. The van der Waals surface area contributed by atoms with Gasteiger partial charge in [0.2, 0.25) is 0 Å². The lowest BCUT2D eigenvalue weighted by atomic mass is 9.71. The van der Waals surface area contributed by atoms with E-state index < -0.39 is 0 Å². The van der Waals surface area contributed by atoms with Crippen LogP contribution in [0.5, 0.6) is 0 Å². The molecule has 3 atom stereocenters. The van der Waals surface area contributed by atoms with E-state index in [-0.39, 0.29) is 5.82 Å². The summed E-state index contributed by atoms with van der Waals surface area (Å²) in [5, 5.41) is 12.3. The summed E-state index contributed by atoms with van der Waals surface area (Å²) < 4.78 is 13.0. The number of anilines is 1. The summed E-state index contributed by atoms with van der Waals surface area (Å²) in [7, 11) is 0. The summed E-state index contributed by atoms with van der Waals surface area (Å²) in [5.41, 5.74) is 1.13. The molecule has 2 aliphatic carbocycles. The van der Waals surface area contributed by atoms with Gasteiger partial charge in [0.25, 0.3) is 0 Å². The van der Waals surface area contributed by atoms with E-state index in [0.717, 1.165) is 18.0 Å². The molecule has 0 bridgehead atoms. The Hall–Kier alpha value is -1.82. The normalized spacial score (nSPS) is 29.3. The molecular formula is C14H13FN2. The maximum atomic E-state index is 13.0. The van der Waals surface area contributed by atoms with Gasteiger partial charge in [-0.3, -0.25) is 0 Å². The van der Waals surface area contributed by atoms with Gasteiger partial charge in [0.15, 0.2) is 0 Å². The molecule has 0 aliphatic heterocycles. The number of benzene rings is 1. The molecule has 3 heteroatoms. The van der Waals surface area contributed by atoms with Crippen molar-refractivity contribution < 1.29 is 4.39 Å². The van der Waals surface area contributed by atoms with E-state index in [4.69, 9.17) is 5.26 Å². The van der Waals surface area contributed by atoms with Crippen LogP contribution in [-0.4, -0.2) is 6.04 Å². The van der Waals surface area contributed by atoms with Crippen molar-refractivity contribution in [2.24, 2.45) is 11.8 Å². The lowest BCUT2D eigenvalue weighted by molar-refractivity contribution is 0.218. The lowest BCUT2D eigenvalue weighted by Gasteiger charge is -2.41. The summed E-state index contributed by atoms with van der Waals surface area (Å²) in [5.74, 6) is 1.00. The zero-order valence-electron chi connectivity index (χ0n) is 9.36. The molecule has 1 N–H and O–H groups in total. The Morgan fingerprint density at radius 3 is 3.06 bits per heavy atom. The molecule has 1 saturated carbocycles. The zero-order chi connectivity index (χ0) is 11.8. The Bertz CT molecular complexity index is 515. The number of nitriles is 1. The minimum atomic E-state index is -0.362. The highest BCUT2D eigenvalue weighted by molar-refractivity contribution is 5.58. The third-order valence-electron chi connectivity index (χ3n) is 3.81. The minimum Gasteiger partial charge on any atom is -0.381 e. The zero-order valence-corrected chi connectivity index (χ0v) is 9.36. The number of rotatable bonds is 2. The lowest BCUT2D eigenvalue weighted by Crippen LogP contribution is -2.43. The molecule has 1 aromatic carbocycles. The number of nitrogens with zero attached hydrogens (tertiary/aromatic N) is 1. The molecule has 1 fully saturated rings. The van der Waals surface area contributed by atoms with Crippen LogP contribution in [0.1, 0.15) is 18.4 Å². The molecule has 2 aliphatic rings. The van der Waals surface area contributed by atoms with Gasteiger partial charge in [-0.25, -0.2) is 4.39 Å². The highest BCUT2D eigenvalue weighted by Gasteiger charge is 2.41. The van der Waals surface area contributed by atoms with Gasteiger partial charge in [-0.1, -0.05) is 12.2 Å². The van der Waals surface area contributed by atoms with Crippen molar-refractivity contribution in [2.75, 3.05) is 5.32 Å². The summed E-state index contributed by atoms with van der Waals surface area (Å²) in [4.78, 5) is 0. The van der Waals surface area contributed by atoms with Gasteiger partial charge in [0, 0.05) is 12.0 Å². The summed E-state index contributed by atoms with van der Waals surface area (Å²) in [6.45, 7) is 0. The number of hydrogen-bond donors (Lipinski definition) is 1. The van der Waals surface area contributed by atoms with Crippen molar-refractivity contribution in [1.82, 2.24) is 0 Å². The van der Waals surface area contributed by atoms with E-state index in [2.05, 4.69) is 17.5 Å². The van der Waals surface area contributed by atoms with E-state index in [1.54, 1.807) is 6.07 Å². The first kappa shape index (κ1) is 10.3. The highest BCUT2D eigenvalue weighted by Crippen LogP contribution is 2.44. The summed E-state index contributed by atoms with van der Waals surface area (Å²) in [6, 6.07) is 6.75. The predicted octanol–water partition coefficient (Wildman–Crippen LogP) is 3.07. The molecule has 3 unspecified atom stereocenters. The Morgan fingerprint density at radius 1 is 1.41 bits per heavy atom. The van der Waals surface area contributed by atoms with Gasteiger partial charge >= 0.3 is 0 Å². The van der Waals surface area contributed by atoms with Gasteiger partial charge in [0.1, 0.15) is 11.9 Å². The van der Waals surface area contributed by atoms with Crippen molar-refractivity contribution in [3.05, 3.63) is 41.7 Å². The first-order chi connectivity index (χ1) is 8.28. The highest BCUT2D eigenvalue weighted by atomic mass is 19.1. The first-order valence-electron chi connectivity index (χ1n) is 5.91. The third-order valence-corrected chi connectivity index (χ3v) is 3.81. The van der Waals surface area contributed by atoms with Crippen LogP contribution in [0.2, 0.25) is 0 Å². The topological polar surface area (TPSA) is 35.8 Å². The van der Waals surface area contributed by atoms with E-state index in [1.807, 2.05) is 6.07 Å². The van der Waals surface area contributed by atoms with Gasteiger partial charge in [0.05, 0.1) is 11.3 Å². The summed E-state index contributed by atoms with van der Waals surface area (Å²) >= 11 is 0. The largest absolute Gasteiger partial charge is 0.381 e. The fourth-order valence-corrected chi connectivity index (χ4v) is 2.82. The third kappa shape index (κ3) is 1.70. The second-order valence-electron chi connectivity index (χ2n) is 4.79. The molecule has 0 radical (unpaired) electrons. The van der Waals surface area contributed by atoms with Crippen molar-refractivity contribution in [2.45, 2.75) is 18.9 Å². The fourth-order valence-electron chi connectivity index (χ4n) is 2.82. The van der Waals surface area contributed by atoms with Crippen LogP contribution in [-0.2, 0) is 0 Å². The van der Waals surface area contributed by atoms with Crippen LogP contribution in [0.25, 0.3) is 0 Å². The first-order valence-corrected chi connectivity index (χ1v) is 5.91. The number of fused-ring (bicyclic) bond motifs is 1. The van der Waals surface area contributed by atoms with Crippen LogP contribution in [0.4, 0.5) is 10.1 Å². The maximum absolute atomic E-state index is 13.0. The quantitative estimate of drug-likeness (QED) is 0.789. The van der Waals surface area contributed by atoms with Crippen LogP contribution in [0, 0.1) is 29.0 Å². The standard InChI is InChI=1S/C14H13FN2/c15-11-4-5-13(10(6-11)8-16)17-14-7-9-2-1-3-12(9)14/h1,3-6,9,12,14,17H,2,7H2. The Labute approximate surface area is 99.8 Å². The molecule has 0 saturated heterocycles. The van der Waals surface area contributed by atoms with E-state index in [1.165, 1.54) is 18.6 Å². The van der Waals surface area contributed by atoms with E-state index in [9.17, 15) is 4.39 Å². The van der Waals surface area contributed by atoms with Crippen molar-refractivity contribution in [1.29, 1.82) is 5.26 Å². The van der Waals surface area contributed by atoms with E-state index >= 15 is 0 Å². The molecule has 0 amide bonds. The molecule has 2 nitrogen and oxygen atoms in total. The molecular weight excluding hydrogens is 215 g/mol. The average Bonchev–Trinajstić information content (AvgIpc) is 2.69. The molecule has 0 spiro atoms. The van der Waals surface area contributed by atoms with Gasteiger partial charge < -0.3 is 5.32 Å². The van der Waals surface area contributed by atoms with Gasteiger partial charge in [-0.15, -0.1) is 0 Å². The van der Waals surface area contributed by atoms with Gasteiger partial charge in [-0.05, 0) is 37.0 Å². The Kier molecular flexibility index (Phi) is 2.36. The smallest absolute Gasteiger partial charge is 0.124 e.